The third kappa shape index (κ3) is 1.42. The van der Waals surface area contributed by atoms with E-state index in [4.69, 9.17) is 0 Å². The Morgan fingerprint density at radius 2 is 1.59 bits per heavy atom. The van der Waals surface area contributed by atoms with Crippen molar-refractivity contribution in [3.05, 3.63) is 70.5 Å². The van der Waals surface area contributed by atoms with E-state index in [-0.39, 0.29) is 34.2 Å². The largest absolute Gasteiger partial charge is 0.293 e. The Kier molecular flexibility index (Phi) is 2.42. The maximum Gasteiger partial charge on any atom is 0.196 e. The standard InChI is InChI=1S/C17H10N2O3/c1-9(20)15-14-13(12-7-4-8-18-19(12)15)16(21)10-5-2-3-6-11(10)17(14)22/h2-8H,1H3. The Bertz CT molecular complexity index is 998. The SMILES string of the molecule is CC(=O)c1c2c(c3cccnn13)C(=O)c1ccccc1C2=O. The third-order valence-corrected chi connectivity index (χ3v) is 3.91. The van der Waals surface area contributed by atoms with Crippen LogP contribution in [-0.4, -0.2) is 27.0 Å². The number of nitrogens with zero attached hydrogens (tertiary/aromatic N) is 2. The summed E-state index contributed by atoms with van der Waals surface area (Å²) in [6.07, 6.45) is 1.52. The van der Waals surface area contributed by atoms with E-state index in [1.165, 1.54) is 17.6 Å². The number of fused-ring (bicyclic) bond motifs is 4. The second-order valence-electron chi connectivity index (χ2n) is 5.18. The van der Waals surface area contributed by atoms with Crippen LogP contribution in [0.3, 0.4) is 0 Å². The fourth-order valence-electron chi connectivity index (χ4n) is 3.02. The number of ketones is 3. The highest BCUT2D eigenvalue weighted by molar-refractivity contribution is 6.33. The fraction of sp³-hybridized carbons (Fsp3) is 0.0588. The number of carbonyl (C=O) groups excluding carboxylic acids is 3. The molecule has 2 heterocycles. The molecule has 0 spiro atoms. The summed E-state index contributed by atoms with van der Waals surface area (Å²) in [6.45, 7) is 1.37. The van der Waals surface area contributed by atoms with E-state index in [9.17, 15) is 14.4 Å². The molecular formula is C17H10N2O3. The Morgan fingerprint density at radius 3 is 2.23 bits per heavy atom. The monoisotopic (exact) mass is 290 g/mol. The van der Waals surface area contributed by atoms with Crippen LogP contribution in [0.2, 0.25) is 0 Å². The van der Waals surface area contributed by atoms with Crippen molar-refractivity contribution in [2.45, 2.75) is 6.92 Å². The third-order valence-electron chi connectivity index (χ3n) is 3.91. The number of hydrogen-bond acceptors (Lipinski definition) is 4. The molecule has 5 heteroatoms. The molecule has 3 aromatic rings. The molecule has 0 saturated carbocycles. The Balaban J connectivity index is 2.20. The number of rotatable bonds is 1. The number of Topliss-reactive ketones (excluding diaryl/α,β-unsaturated/α-hetero) is 1. The summed E-state index contributed by atoms with van der Waals surface area (Å²) in [6, 6.07) is 10.0. The van der Waals surface area contributed by atoms with Crippen molar-refractivity contribution in [1.82, 2.24) is 9.61 Å². The topological polar surface area (TPSA) is 68.5 Å². The number of hydrogen-bond donors (Lipinski definition) is 0. The molecule has 0 N–H and O–H groups in total. The molecule has 0 saturated heterocycles. The molecule has 22 heavy (non-hydrogen) atoms. The van der Waals surface area contributed by atoms with Gasteiger partial charge in [-0.3, -0.25) is 14.4 Å². The summed E-state index contributed by atoms with van der Waals surface area (Å²) in [5.74, 6) is -0.848. The second kappa shape index (κ2) is 4.21. The molecule has 0 aliphatic heterocycles. The Hall–Kier alpha value is -3.08. The zero-order valence-corrected chi connectivity index (χ0v) is 11.7. The minimum Gasteiger partial charge on any atom is -0.293 e. The first-order chi connectivity index (χ1) is 10.6. The van der Waals surface area contributed by atoms with Crippen molar-refractivity contribution >= 4 is 22.9 Å². The van der Waals surface area contributed by atoms with Gasteiger partial charge in [-0.25, -0.2) is 4.52 Å². The molecule has 1 aliphatic rings. The van der Waals surface area contributed by atoms with Crippen molar-refractivity contribution in [2.24, 2.45) is 0 Å². The van der Waals surface area contributed by atoms with Crippen LogP contribution >= 0.6 is 0 Å². The van der Waals surface area contributed by atoms with E-state index >= 15 is 0 Å². The van der Waals surface area contributed by atoms with E-state index in [0.29, 0.717) is 16.6 Å². The van der Waals surface area contributed by atoms with Crippen LogP contribution in [0.15, 0.2) is 42.6 Å². The fourth-order valence-corrected chi connectivity index (χ4v) is 3.02. The van der Waals surface area contributed by atoms with Crippen LogP contribution in [0.4, 0.5) is 0 Å². The van der Waals surface area contributed by atoms with Crippen LogP contribution in [0.5, 0.6) is 0 Å². The van der Waals surface area contributed by atoms with Crippen molar-refractivity contribution in [3.8, 4) is 0 Å². The van der Waals surface area contributed by atoms with E-state index in [2.05, 4.69) is 5.10 Å². The highest BCUT2D eigenvalue weighted by Crippen LogP contribution is 2.33. The molecule has 0 bridgehead atoms. The average Bonchev–Trinajstić information content (AvgIpc) is 2.88. The highest BCUT2D eigenvalue weighted by Gasteiger charge is 2.37. The molecule has 0 radical (unpaired) electrons. The van der Waals surface area contributed by atoms with Crippen LogP contribution < -0.4 is 0 Å². The molecule has 2 aromatic heterocycles. The summed E-state index contributed by atoms with van der Waals surface area (Å²) >= 11 is 0. The van der Waals surface area contributed by atoms with E-state index in [0.717, 1.165) is 0 Å². The predicted molar refractivity (Wildman–Crippen MR) is 78.5 cm³/mol. The lowest BCUT2D eigenvalue weighted by molar-refractivity contribution is 0.0968. The Morgan fingerprint density at radius 1 is 0.955 bits per heavy atom. The lowest BCUT2D eigenvalue weighted by Crippen LogP contribution is -2.21. The molecule has 1 aliphatic carbocycles. The summed E-state index contributed by atoms with van der Waals surface area (Å²) in [7, 11) is 0. The molecule has 4 rings (SSSR count). The predicted octanol–water partition coefficient (Wildman–Crippen LogP) is 2.31. The lowest BCUT2D eigenvalue weighted by atomic mass is 9.84. The van der Waals surface area contributed by atoms with Gasteiger partial charge in [-0.1, -0.05) is 24.3 Å². The molecular weight excluding hydrogens is 280 g/mol. The first-order valence-electron chi connectivity index (χ1n) is 6.80. The average molecular weight is 290 g/mol. The molecule has 1 aromatic carbocycles. The van der Waals surface area contributed by atoms with Gasteiger partial charge >= 0.3 is 0 Å². The normalized spacial score (nSPS) is 13.1. The van der Waals surface area contributed by atoms with Gasteiger partial charge in [0.05, 0.1) is 16.6 Å². The van der Waals surface area contributed by atoms with Gasteiger partial charge in [0.2, 0.25) is 0 Å². The summed E-state index contributed by atoms with van der Waals surface area (Å²) in [5.41, 5.74) is 1.77. The smallest absolute Gasteiger partial charge is 0.196 e. The Labute approximate surface area is 125 Å². The van der Waals surface area contributed by atoms with Gasteiger partial charge in [0.15, 0.2) is 17.3 Å². The molecule has 5 nitrogen and oxygen atoms in total. The minimum absolute atomic E-state index is 0.162. The van der Waals surface area contributed by atoms with Crippen LogP contribution in [-0.2, 0) is 0 Å². The zero-order chi connectivity index (χ0) is 15.4. The van der Waals surface area contributed by atoms with E-state index < -0.39 is 0 Å². The second-order valence-corrected chi connectivity index (χ2v) is 5.18. The molecule has 0 amide bonds. The van der Waals surface area contributed by atoms with Crippen molar-refractivity contribution in [1.29, 1.82) is 0 Å². The molecule has 106 valence electrons. The van der Waals surface area contributed by atoms with Gasteiger partial charge < -0.3 is 0 Å². The van der Waals surface area contributed by atoms with Crippen LogP contribution in [0.25, 0.3) is 5.52 Å². The number of carbonyl (C=O) groups is 3. The first kappa shape index (κ1) is 12.6. The minimum atomic E-state index is -0.305. The van der Waals surface area contributed by atoms with Crippen molar-refractivity contribution < 1.29 is 14.4 Å². The highest BCUT2D eigenvalue weighted by atomic mass is 16.1. The van der Waals surface area contributed by atoms with Gasteiger partial charge in [-0.2, -0.15) is 5.10 Å². The maximum atomic E-state index is 12.8. The molecule has 0 atom stereocenters. The van der Waals surface area contributed by atoms with Gasteiger partial charge in [0, 0.05) is 24.2 Å². The van der Waals surface area contributed by atoms with Gasteiger partial charge in [0.25, 0.3) is 0 Å². The summed E-state index contributed by atoms with van der Waals surface area (Å²) in [5, 5.41) is 4.13. The lowest BCUT2D eigenvalue weighted by Gasteiger charge is -2.14. The number of aromatic nitrogens is 2. The summed E-state index contributed by atoms with van der Waals surface area (Å²) in [4.78, 5) is 37.6. The van der Waals surface area contributed by atoms with Crippen LogP contribution in [0.1, 0.15) is 49.3 Å². The van der Waals surface area contributed by atoms with Gasteiger partial charge in [0.1, 0.15) is 5.69 Å². The van der Waals surface area contributed by atoms with Gasteiger partial charge in [-0.15, -0.1) is 0 Å². The zero-order valence-electron chi connectivity index (χ0n) is 11.7. The number of benzene rings is 1. The first-order valence-corrected chi connectivity index (χ1v) is 6.80. The molecule has 0 unspecified atom stereocenters. The van der Waals surface area contributed by atoms with E-state index in [1.807, 2.05) is 0 Å². The maximum absolute atomic E-state index is 12.8. The van der Waals surface area contributed by atoms with Crippen LogP contribution in [0, 0.1) is 0 Å². The van der Waals surface area contributed by atoms with Crippen molar-refractivity contribution in [3.63, 3.8) is 0 Å². The van der Waals surface area contributed by atoms with Gasteiger partial charge in [-0.05, 0) is 12.1 Å². The quantitative estimate of drug-likeness (QED) is 0.504. The van der Waals surface area contributed by atoms with Crippen molar-refractivity contribution in [2.75, 3.05) is 0 Å². The summed E-state index contributed by atoms with van der Waals surface area (Å²) < 4.78 is 1.38. The molecule has 0 fully saturated rings. The van der Waals surface area contributed by atoms with E-state index in [1.54, 1.807) is 36.4 Å².